The molecule has 0 radical (unpaired) electrons. The first-order valence-electron chi connectivity index (χ1n) is 10.3. The number of anilines is 3. The van der Waals surface area contributed by atoms with Gasteiger partial charge in [-0.25, -0.2) is 0 Å². The standard InChI is InChI=1S/C23H26N4O2/c1-27-9-2-3-15(8-10-27)19-13-24-21-11-16(4-6-18(19)21)25-17-5-7-20-22(12-17)29-14-23(28)26-20/h4-7,11-13,15,24-25H,2-3,8-10,14H2,1H3,(H,26,28). The number of aromatic amines is 1. The van der Waals surface area contributed by atoms with E-state index in [1.165, 1.54) is 36.8 Å². The summed E-state index contributed by atoms with van der Waals surface area (Å²) in [6.07, 6.45) is 5.92. The molecule has 0 saturated carbocycles. The van der Waals surface area contributed by atoms with Crippen LogP contribution in [0.1, 0.15) is 30.7 Å². The summed E-state index contributed by atoms with van der Waals surface area (Å²) in [5.74, 6) is 1.20. The van der Waals surface area contributed by atoms with Crippen molar-refractivity contribution >= 4 is 33.9 Å². The van der Waals surface area contributed by atoms with Crippen molar-refractivity contribution < 1.29 is 9.53 Å². The van der Waals surface area contributed by atoms with Crippen LogP contribution in [0.4, 0.5) is 17.1 Å². The number of hydrogen-bond donors (Lipinski definition) is 3. The van der Waals surface area contributed by atoms with Crippen LogP contribution in [0, 0.1) is 0 Å². The summed E-state index contributed by atoms with van der Waals surface area (Å²) in [7, 11) is 2.22. The van der Waals surface area contributed by atoms with E-state index in [0.717, 1.165) is 23.4 Å². The van der Waals surface area contributed by atoms with E-state index in [4.69, 9.17) is 4.74 Å². The van der Waals surface area contributed by atoms with E-state index in [1.54, 1.807) is 0 Å². The second-order valence-electron chi connectivity index (χ2n) is 8.11. The van der Waals surface area contributed by atoms with Crippen LogP contribution in [-0.2, 0) is 4.79 Å². The smallest absolute Gasteiger partial charge is 0.262 e. The zero-order chi connectivity index (χ0) is 19.8. The summed E-state index contributed by atoms with van der Waals surface area (Å²) >= 11 is 0. The number of H-pyrrole nitrogens is 1. The summed E-state index contributed by atoms with van der Waals surface area (Å²) in [6, 6.07) is 12.2. The van der Waals surface area contributed by atoms with Crippen LogP contribution in [0.5, 0.6) is 5.75 Å². The molecule has 1 fully saturated rings. The fraction of sp³-hybridized carbons (Fsp3) is 0.348. The van der Waals surface area contributed by atoms with Crippen LogP contribution in [0.3, 0.4) is 0 Å². The molecule has 1 amide bonds. The molecule has 0 spiro atoms. The van der Waals surface area contributed by atoms with Gasteiger partial charge in [0.1, 0.15) is 5.75 Å². The largest absolute Gasteiger partial charge is 0.482 e. The van der Waals surface area contributed by atoms with Gasteiger partial charge in [0.2, 0.25) is 0 Å². The van der Waals surface area contributed by atoms with E-state index in [0.29, 0.717) is 17.4 Å². The number of hydrogen-bond acceptors (Lipinski definition) is 4. The van der Waals surface area contributed by atoms with Crippen molar-refractivity contribution in [2.75, 3.05) is 37.4 Å². The summed E-state index contributed by atoms with van der Waals surface area (Å²) in [5.41, 5.74) is 5.26. The molecule has 1 atom stereocenters. The third-order valence-corrected chi connectivity index (χ3v) is 6.01. The highest BCUT2D eigenvalue weighted by molar-refractivity contribution is 5.96. The number of likely N-dealkylation sites (tertiary alicyclic amines) is 1. The Balaban J connectivity index is 1.36. The van der Waals surface area contributed by atoms with Crippen LogP contribution in [-0.4, -0.2) is 42.5 Å². The van der Waals surface area contributed by atoms with Gasteiger partial charge in [0.25, 0.3) is 5.91 Å². The summed E-state index contributed by atoms with van der Waals surface area (Å²) in [6.45, 7) is 2.42. The van der Waals surface area contributed by atoms with Gasteiger partial charge in [-0.3, -0.25) is 4.79 Å². The summed E-state index contributed by atoms with van der Waals surface area (Å²) in [5, 5.41) is 7.58. The average molecular weight is 390 g/mol. The summed E-state index contributed by atoms with van der Waals surface area (Å²) < 4.78 is 5.51. The number of fused-ring (bicyclic) bond motifs is 2. The first-order chi connectivity index (χ1) is 14.2. The predicted molar refractivity (Wildman–Crippen MR) is 116 cm³/mol. The number of nitrogens with one attached hydrogen (secondary N) is 3. The Morgan fingerprint density at radius 2 is 1.97 bits per heavy atom. The molecule has 0 aliphatic carbocycles. The monoisotopic (exact) mass is 390 g/mol. The van der Waals surface area contributed by atoms with E-state index in [2.05, 4.69) is 52.0 Å². The van der Waals surface area contributed by atoms with Crippen LogP contribution < -0.4 is 15.4 Å². The number of carbonyl (C=O) groups is 1. The molecular weight excluding hydrogens is 364 g/mol. The zero-order valence-electron chi connectivity index (χ0n) is 16.6. The molecule has 3 aromatic rings. The molecule has 1 aromatic heterocycles. The second-order valence-corrected chi connectivity index (χ2v) is 8.11. The molecule has 6 nitrogen and oxygen atoms in total. The topological polar surface area (TPSA) is 69.4 Å². The van der Waals surface area contributed by atoms with Crippen molar-refractivity contribution in [2.24, 2.45) is 0 Å². The minimum Gasteiger partial charge on any atom is -0.482 e. The molecule has 29 heavy (non-hydrogen) atoms. The third-order valence-electron chi connectivity index (χ3n) is 6.01. The molecule has 3 heterocycles. The van der Waals surface area contributed by atoms with Gasteiger partial charge in [-0.1, -0.05) is 6.07 Å². The molecule has 150 valence electrons. The fourth-order valence-electron chi connectivity index (χ4n) is 4.43. The van der Waals surface area contributed by atoms with Crippen LogP contribution >= 0.6 is 0 Å². The van der Waals surface area contributed by atoms with Crippen molar-refractivity contribution in [1.29, 1.82) is 0 Å². The van der Waals surface area contributed by atoms with Crippen LogP contribution in [0.2, 0.25) is 0 Å². The number of rotatable bonds is 3. The van der Waals surface area contributed by atoms with Gasteiger partial charge in [0, 0.05) is 34.5 Å². The van der Waals surface area contributed by atoms with Crippen molar-refractivity contribution in [3.63, 3.8) is 0 Å². The lowest BCUT2D eigenvalue weighted by atomic mass is 9.92. The van der Waals surface area contributed by atoms with Gasteiger partial charge in [-0.15, -0.1) is 0 Å². The van der Waals surface area contributed by atoms with E-state index in [1.807, 2.05) is 18.2 Å². The van der Waals surface area contributed by atoms with Crippen molar-refractivity contribution in [3.8, 4) is 5.75 Å². The molecule has 5 rings (SSSR count). The van der Waals surface area contributed by atoms with Crippen molar-refractivity contribution in [1.82, 2.24) is 9.88 Å². The van der Waals surface area contributed by atoms with Gasteiger partial charge in [-0.05, 0) is 75.1 Å². The quantitative estimate of drug-likeness (QED) is 0.618. The van der Waals surface area contributed by atoms with Crippen LogP contribution in [0.25, 0.3) is 10.9 Å². The van der Waals surface area contributed by atoms with Gasteiger partial charge in [0.15, 0.2) is 6.61 Å². The maximum absolute atomic E-state index is 11.4. The minimum atomic E-state index is -0.119. The molecule has 0 bridgehead atoms. The molecule has 2 aliphatic rings. The molecule has 1 saturated heterocycles. The molecule has 6 heteroatoms. The fourth-order valence-corrected chi connectivity index (χ4v) is 4.43. The van der Waals surface area contributed by atoms with Crippen LogP contribution in [0.15, 0.2) is 42.6 Å². The van der Waals surface area contributed by atoms with Gasteiger partial charge >= 0.3 is 0 Å². The predicted octanol–water partition coefficient (Wildman–Crippen LogP) is 4.44. The van der Waals surface area contributed by atoms with E-state index < -0.39 is 0 Å². The Morgan fingerprint density at radius 1 is 1.10 bits per heavy atom. The van der Waals surface area contributed by atoms with E-state index in [-0.39, 0.29) is 12.5 Å². The average Bonchev–Trinajstić information content (AvgIpc) is 3.01. The highest BCUT2D eigenvalue weighted by Gasteiger charge is 2.20. The first kappa shape index (κ1) is 18.1. The highest BCUT2D eigenvalue weighted by atomic mass is 16.5. The Hall–Kier alpha value is -2.99. The molecular formula is C23H26N4O2. The molecule has 1 unspecified atom stereocenters. The molecule has 2 aliphatic heterocycles. The Labute approximate surface area is 170 Å². The highest BCUT2D eigenvalue weighted by Crippen LogP contribution is 2.35. The van der Waals surface area contributed by atoms with Gasteiger partial charge in [0.05, 0.1) is 5.69 Å². The van der Waals surface area contributed by atoms with Crippen molar-refractivity contribution in [2.45, 2.75) is 25.2 Å². The number of ether oxygens (including phenoxy) is 1. The van der Waals surface area contributed by atoms with E-state index in [9.17, 15) is 4.79 Å². The SMILES string of the molecule is CN1CCCC(c2c[nH]c3cc(Nc4ccc5c(c4)OCC(=O)N5)ccc23)CC1. The maximum atomic E-state index is 11.4. The second kappa shape index (κ2) is 7.44. The number of amides is 1. The first-order valence-corrected chi connectivity index (χ1v) is 10.3. The van der Waals surface area contributed by atoms with Gasteiger partial charge < -0.3 is 25.3 Å². The Kier molecular flexibility index (Phi) is 4.64. The number of nitrogens with zero attached hydrogens (tertiary/aromatic N) is 1. The lowest BCUT2D eigenvalue weighted by Gasteiger charge is -2.19. The Bertz CT molecular complexity index is 1060. The molecule has 2 aromatic carbocycles. The lowest BCUT2D eigenvalue weighted by Crippen LogP contribution is -2.25. The third kappa shape index (κ3) is 3.68. The number of aromatic nitrogens is 1. The maximum Gasteiger partial charge on any atom is 0.262 e. The minimum absolute atomic E-state index is 0.0601. The number of carbonyl (C=O) groups excluding carboxylic acids is 1. The normalized spacial score (nSPS) is 19.9. The zero-order valence-corrected chi connectivity index (χ0v) is 16.6. The lowest BCUT2D eigenvalue weighted by molar-refractivity contribution is -0.118. The molecule has 3 N–H and O–H groups in total. The Morgan fingerprint density at radius 3 is 2.90 bits per heavy atom. The number of benzene rings is 2. The van der Waals surface area contributed by atoms with Gasteiger partial charge in [-0.2, -0.15) is 0 Å². The summed E-state index contributed by atoms with van der Waals surface area (Å²) in [4.78, 5) is 17.3. The van der Waals surface area contributed by atoms with E-state index >= 15 is 0 Å². The van der Waals surface area contributed by atoms with Crippen molar-refractivity contribution in [3.05, 3.63) is 48.2 Å².